The maximum absolute atomic E-state index is 12.9. The van der Waals surface area contributed by atoms with Gasteiger partial charge >= 0.3 is 0 Å². The highest BCUT2D eigenvalue weighted by Gasteiger charge is 2.26. The average molecular weight is 411 g/mol. The molecule has 1 fully saturated rings. The van der Waals surface area contributed by atoms with E-state index in [-0.39, 0.29) is 25.2 Å². The fourth-order valence-electron chi connectivity index (χ4n) is 3.55. The number of benzene rings is 2. The normalized spacial score (nSPS) is 15.0. The van der Waals surface area contributed by atoms with Crippen LogP contribution in [0.1, 0.15) is 17.3 Å². The van der Waals surface area contributed by atoms with Gasteiger partial charge in [-0.15, -0.1) is 0 Å². The van der Waals surface area contributed by atoms with Crippen LogP contribution in [0.4, 0.5) is 11.4 Å². The molecule has 30 heavy (non-hydrogen) atoms. The van der Waals surface area contributed by atoms with E-state index in [2.05, 4.69) is 10.2 Å². The summed E-state index contributed by atoms with van der Waals surface area (Å²) in [7, 11) is 0. The van der Waals surface area contributed by atoms with Gasteiger partial charge in [0.05, 0.1) is 18.8 Å². The van der Waals surface area contributed by atoms with Crippen LogP contribution < -0.4 is 19.7 Å². The molecule has 2 aromatic rings. The quantitative estimate of drug-likeness (QED) is 0.786. The molecular formula is C22H25N3O5. The maximum atomic E-state index is 12.9. The second kappa shape index (κ2) is 9.04. The number of anilines is 2. The third kappa shape index (κ3) is 4.33. The Morgan fingerprint density at radius 2 is 1.83 bits per heavy atom. The Morgan fingerprint density at radius 1 is 1.07 bits per heavy atom. The molecule has 8 nitrogen and oxygen atoms in total. The second-order valence-corrected chi connectivity index (χ2v) is 7.05. The molecule has 2 heterocycles. The Bertz CT molecular complexity index is 909. The first-order chi connectivity index (χ1) is 14.7. The molecule has 0 bridgehead atoms. The summed E-state index contributed by atoms with van der Waals surface area (Å²) in [6.45, 7) is 5.43. The average Bonchev–Trinajstić information content (AvgIpc) is 3.27. The van der Waals surface area contributed by atoms with Crippen LogP contribution in [0.25, 0.3) is 0 Å². The van der Waals surface area contributed by atoms with Gasteiger partial charge in [-0.3, -0.25) is 9.59 Å². The van der Waals surface area contributed by atoms with E-state index in [9.17, 15) is 9.59 Å². The third-order valence-electron chi connectivity index (χ3n) is 5.16. The fourth-order valence-corrected chi connectivity index (χ4v) is 3.55. The van der Waals surface area contributed by atoms with E-state index in [0.717, 1.165) is 32.0 Å². The maximum Gasteiger partial charge on any atom is 0.258 e. The minimum atomic E-state index is -0.266. The van der Waals surface area contributed by atoms with Crippen LogP contribution in [0.3, 0.4) is 0 Å². The summed E-state index contributed by atoms with van der Waals surface area (Å²) in [5.41, 5.74) is 2.19. The topological polar surface area (TPSA) is 80.3 Å². The van der Waals surface area contributed by atoms with Crippen molar-refractivity contribution in [2.45, 2.75) is 6.92 Å². The zero-order chi connectivity index (χ0) is 20.9. The Balaban J connectivity index is 1.37. The molecule has 8 heteroatoms. The molecule has 2 aromatic carbocycles. The summed E-state index contributed by atoms with van der Waals surface area (Å²) >= 11 is 0. The Labute approximate surface area is 175 Å². The number of nitrogens with one attached hydrogen (secondary N) is 1. The van der Waals surface area contributed by atoms with Crippen molar-refractivity contribution >= 4 is 23.2 Å². The Hall–Kier alpha value is -3.26. The number of carbonyl (C=O) groups excluding carboxylic acids is 2. The van der Waals surface area contributed by atoms with E-state index in [4.69, 9.17) is 14.2 Å². The summed E-state index contributed by atoms with van der Waals surface area (Å²) in [6.07, 6.45) is 0. The molecule has 0 aromatic heterocycles. The first-order valence-electron chi connectivity index (χ1n) is 10.1. The number of ether oxygens (including phenoxy) is 3. The van der Waals surface area contributed by atoms with Gasteiger partial charge in [-0.25, -0.2) is 0 Å². The van der Waals surface area contributed by atoms with E-state index in [0.29, 0.717) is 29.3 Å². The number of carbonyl (C=O) groups is 2. The zero-order valence-electron chi connectivity index (χ0n) is 16.9. The van der Waals surface area contributed by atoms with Crippen LogP contribution >= 0.6 is 0 Å². The van der Waals surface area contributed by atoms with E-state index in [1.807, 2.05) is 31.2 Å². The van der Waals surface area contributed by atoms with Crippen molar-refractivity contribution in [3.8, 4) is 11.5 Å². The first kappa shape index (κ1) is 20.0. The SMILES string of the molecule is CCN(CC(=O)Nc1ccc(N2CCOCC2)cc1)C(=O)c1cccc2c1OCO2. The highest BCUT2D eigenvalue weighted by atomic mass is 16.7. The number of morpholine rings is 1. The molecule has 0 atom stereocenters. The van der Waals surface area contributed by atoms with Crippen LogP contribution in [-0.2, 0) is 9.53 Å². The lowest BCUT2D eigenvalue weighted by Gasteiger charge is -2.29. The summed E-state index contributed by atoms with van der Waals surface area (Å²) in [5, 5.41) is 2.86. The molecule has 1 N–H and O–H groups in total. The van der Waals surface area contributed by atoms with Gasteiger partial charge in [-0.2, -0.15) is 0 Å². The molecule has 1 saturated heterocycles. The molecule has 0 aliphatic carbocycles. The highest BCUT2D eigenvalue weighted by Crippen LogP contribution is 2.35. The number of nitrogens with zero attached hydrogens (tertiary/aromatic N) is 2. The van der Waals surface area contributed by atoms with Crippen molar-refractivity contribution in [3.05, 3.63) is 48.0 Å². The summed E-state index contributed by atoms with van der Waals surface area (Å²) in [6, 6.07) is 12.9. The van der Waals surface area contributed by atoms with E-state index in [1.165, 1.54) is 4.90 Å². The first-order valence-corrected chi connectivity index (χ1v) is 10.1. The predicted octanol–water partition coefficient (Wildman–Crippen LogP) is 2.35. The molecule has 2 amide bonds. The zero-order valence-corrected chi connectivity index (χ0v) is 16.9. The Kier molecular flexibility index (Phi) is 6.04. The van der Waals surface area contributed by atoms with E-state index >= 15 is 0 Å². The van der Waals surface area contributed by atoms with Crippen LogP contribution in [0, 0.1) is 0 Å². The third-order valence-corrected chi connectivity index (χ3v) is 5.16. The number of hydrogen-bond donors (Lipinski definition) is 1. The predicted molar refractivity (Wildman–Crippen MR) is 112 cm³/mol. The minimum absolute atomic E-state index is 0.0505. The van der Waals surface area contributed by atoms with Crippen LogP contribution in [0.15, 0.2) is 42.5 Å². The van der Waals surface area contributed by atoms with Gasteiger partial charge < -0.3 is 29.3 Å². The van der Waals surface area contributed by atoms with E-state index < -0.39 is 0 Å². The smallest absolute Gasteiger partial charge is 0.258 e. The molecule has 2 aliphatic heterocycles. The van der Waals surface area contributed by atoms with Gasteiger partial charge in [0.1, 0.15) is 6.54 Å². The van der Waals surface area contributed by atoms with Gasteiger partial charge in [-0.1, -0.05) is 6.07 Å². The Morgan fingerprint density at radius 3 is 2.57 bits per heavy atom. The molecule has 0 saturated carbocycles. The lowest BCUT2D eigenvalue weighted by Crippen LogP contribution is -2.38. The largest absolute Gasteiger partial charge is 0.454 e. The number of amides is 2. The standard InChI is InChI=1S/C22H25N3O5/c1-2-24(22(27)18-4-3-5-19-21(18)30-15-29-19)14-20(26)23-16-6-8-17(9-7-16)25-10-12-28-13-11-25/h3-9H,2,10-15H2,1H3,(H,23,26). The number of fused-ring (bicyclic) bond motifs is 1. The monoisotopic (exact) mass is 411 g/mol. The molecule has 4 rings (SSSR count). The van der Waals surface area contributed by atoms with Crippen LogP contribution in [0.5, 0.6) is 11.5 Å². The molecule has 0 spiro atoms. The van der Waals surface area contributed by atoms with Crippen molar-refractivity contribution in [1.82, 2.24) is 4.90 Å². The van der Waals surface area contributed by atoms with Crippen molar-refractivity contribution in [1.29, 1.82) is 0 Å². The molecular weight excluding hydrogens is 386 g/mol. The van der Waals surface area contributed by atoms with Crippen LogP contribution in [-0.4, -0.2) is 62.9 Å². The number of hydrogen-bond acceptors (Lipinski definition) is 6. The lowest BCUT2D eigenvalue weighted by molar-refractivity contribution is -0.116. The fraction of sp³-hybridized carbons (Fsp3) is 0.364. The van der Waals surface area contributed by atoms with Crippen molar-refractivity contribution in [2.24, 2.45) is 0 Å². The van der Waals surface area contributed by atoms with Crippen LogP contribution in [0.2, 0.25) is 0 Å². The summed E-state index contributed by atoms with van der Waals surface area (Å²) in [5.74, 6) is 0.452. The van der Waals surface area contributed by atoms with Gasteiger partial charge in [0.2, 0.25) is 12.7 Å². The molecule has 2 aliphatic rings. The van der Waals surface area contributed by atoms with Gasteiger partial charge in [0.15, 0.2) is 11.5 Å². The van der Waals surface area contributed by atoms with Gasteiger partial charge in [0, 0.05) is 31.0 Å². The lowest BCUT2D eigenvalue weighted by atomic mass is 10.1. The second-order valence-electron chi connectivity index (χ2n) is 7.05. The van der Waals surface area contributed by atoms with Crippen molar-refractivity contribution in [2.75, 3.05) is 56.4 Å². The van der Waals surface area contributed by atoms with E-state index in [1.54, 1.807) is 18.2 Å². The van der Waals surface area contributed by atoms with Gasteiger partial charge in [0.25, 0.3) is 5.91 Å². The molecule has 0 radical (unpaired) electrons. The molecule has 158 valence electrons. The van der Waals surface area contributed by atoms with Gasteiger partial charge in [-0.05, 0) is 43.3 Å². The minimum Gasteiger partial charge on any atom is -0.454 e. The van der Waals surface area contributed by atoms with Crippen molar-refractivity contribution < 1.29 is 23.8 Å². The number of rotatable bonds is 6. The highest BCUT2D eigenvalue weighted by molar-refractivity contribution is 6.01. The molecule has 0 unspecified atom stereocenters. The summed E-state index contributed by atoms with van der Waals surface area (Å²) < 4.78 is 16.1. The van der Waals surface area contributed by atoms with Crippen molar-refractivity contribution in [3.63, 3.8) is 0 Å². The summed E-state index contributed by atoms with van der Waals surface area (Å²) in [4.78, 5) is 29.2. The number of para-hydroxylation sites is 1. The number of likely N-dealkylation sites (N-methyl/N-ethyl adjacent to an activating group) is 1.